The summed E-state index contributed by atoms with van der Waals surface area (Å²) in [6, 6.07) is 5.54. The fourth-order valence-electron chi connectivity index (χ4n) is 2.59. The first kappa shape index (κ1) is 40.9. The molecule has 0 heterocycles. The van der Waals surface area contributed by atoms with Gasteiger partial charge in [0, 0.05) is 24.7 Å². The second-order valence-corrected chi connectivity index (χ2v) is 10.4. The molecular weight excluding hydrogens is 587 g/mol. The molecule has 1 aromatic carbocycles. The van der Waals surface area contributed by atoms with Crippen LogP contribution in [0.2, 0.25) is 0 Å². The van der Waals surface area contributed by atoms with E-state index in [1.165, 1.54) is 0 Å². The van der Waals surface area contributed by atoms with E-state index < -0.39 is 31.7 Å². The molecule has 0 amide bonds. The van der Waals surface area contributed by atoms with E-state index in [9.17, 15) is 25.9 Å². The molecule has 0 atom stereocenters. The topological polar surface area (TPSA) is 170 Å². The molecule has 12 nitrogen and oxygen atoms in total. The van der Waals surface area contributed by atoms with Crippen molar-refractivity contribution in [2.45, 2.75) is 19.8 Å². The minimum absolute atomic E-state index is 0. The zero-order valence-corrected chi connectivity index (χ0v) is 29.7. The normalized spacial score (nSPS) is 11.4. The van der Waals surface area contributed by atoms with Crippen molar-refractivity contribution in [2.75, 3.05) is 77.6 Å². The summed E-state index contributed by atoms with van der Waals surface area (Å²) in [7, 11) is -8.41. The van der Waals surface area contributed by atoms with Crippen molar-refractivity contribution in [1.29, 1.82) is 0 Å². The minimum atomic E-state index is -4.20. The number of ether oxygens (including phenoxy) is 6. The molecule has 0 N–H and O–H groups in total. The molecule has 1 rings (SSSR count). The number of aryl methyl sites for hydroxylation is 1. The first-order valence-corrected chi connectivity index (χ1v) is 14.3. The van der Waals surface area contributed by atoms with Crippen LogP contribution in [0.25, 0.3) is 0 Å². The van der Waals surface area contributed by atoms with Crippen molar-refractivity contribution in [3.63, 3.8) is 0 Å². The number of benzene rings is 1. The molecule has 1 aromatic rings. The van der Waals surface area contributed by atoms with Gasteiger partial charge >= 0.3 is 103 Å². The Labute approximate surface area is 305 Å². The van der Waals surface area contributed by atoms with E-state index >= 15 is 0 Å². The molecular formula is C21H34K2O12S2. The molecule has 204 valence electrons. The van der Waals surface area contributed by atoms with Crippen LogP contribution in [0.3, 0.4) is 0 Å². The quantitative estimate of drug-likeness (QED) is 0.0687. The van der Waals surface area contributed by atoms with E-state index in [1.54, 1.807) is 6.07 Å². The second-order valence-electron chi connectivity index (χ2n) is 7.33. The van der Waals surface area contributed by atoms with Gasteiger partial charge in [-0.15, -0.1) is 0 Å². The minimum Gasteiger partial charge on any atom is -0.748 e. The van der Waals surface area contributed by atoms with E-state index in [2.05, 4.69) is 0 Å². The first-order chi connectivity index (χ1) is 16.6. The summed E-state index contributed by atoms with van der Waals surface area (Å²) in [5, 5.41) is 0. The third-order valence-corrected chi connectivity index (χ3v) is 5.76. The Morgan fingerprint density at radius 1 is 0.595 bits per heavy atom. The molecule has 0 aliphatic carbocycles. The zero-order chi connectivity index (χ0) is 26.0. The summed E-state index contributed by atoms with van der Waals surface area (Å²) < 4.78 is 95.5. The number of hydrogen-bond acceptors (Lipinski definition) is 12. The fourth-order valence-corrected chi connectivity index (χ4v) is 3.53. The third-order valence-electron chi connectivity index (χ3n) is 4.18. The van der Waals surface area contributed by atoms with E-state index in [0.29, 0.717) is 37.9 Å². The van der Waals surface area contributed by atoms with Gasteiger partial charge in [-0.2, -0.15) is 0 Å². The summed E-state index contributed by atoms with van der Waals surface area (Å²) in [5.74, 6) is 0.249. The van der Waals surface area contributed by atoms with E-state index in [0.717, 1.165) is 5.56 Å². The van der Waals surface area contributed by atoms with Crippen LogP contribution in [-0.2, 0) is 39.2 Å². The Balaban J connectivity index is 0. The second kappa shape index (κ2) is 24.4. The van der Waals surface area contributed by atoms with E-state index in [4.69, 9.17) is 28.4 Å². The predicted molar refractivity (Wildman–Crippen MR) is 124 cm³/mol. The summed E-state index contributed by atoms with van der Waals surface area (Å²) in [6.45, 7) is 4.67. The van der Waals surface area contributed by atoms with Gasteiger partial charge in [0.25, 0.3) is 0 Å². The Morgan fingerprint density at radius 2 is 0.973 bits per heavy atom. The average molecular weight is 621 g/mol. The molecule has 0 saturated heterocycles. The zero-order valence-electron chi connectivity index (χ0n) is 21.8. The Morgan fingerprint density at radius 3 is 1.41 bits per heavy atom. The van der Waals surface area contributed by atoms with E-state index in [-0.39, 0.29) is 155 Å². The standard InChI is InChI=1S/C21H36O12S2.2K/c1-19-4-5-20(32-14-12-30-10-8-28-6-2-16-34(22,23)24)21(18-19)33-15-13-31-11-9-29-7-3-17-35(25,26)27;;/h4-5,18H,2-3,6-17H2,1H3,(H,22,23,24)(H,25,26,27);;/q;2*+1/p-2. The van der Waals surface area contributed by atoms with Gasteiger partial charge < -0.3 is 37.5 Å². The number of hydrogen-bond donors (Lipinski definition) is 0. The molecule has 0 radical (unpaired) electrons. The summed E-state index contributed by atoms with van der Waals surface area (Å²) in [6.07, 6.45) is 0.309. The summed E-state index contributed by atoms with van der Waals surface area (Å²) in [5.41, 5.74) is 1.000. The maximum Gasteiger partial charge on any atom is 1.00 e. The molecule has 0 fully saturated rings. The molecule has 0 aliphatic rings. The van der Waals surface area contributed by atoms with Gasteiger partial charge in [-0.05, 0) is 37.5 Å². The SMILES string of the molecule is Cc1ccc(OCCOCCOCCCS(=O)(=O)[O-])c(OCCOCCOCCCS(=O)(=O)[O-])c1.[K+].[K+]. The summed E-state index contributed by atoms with van der Waals surface area (Å²) >= 11 is 0. The van der Waals surface area contributed by atoms with Crippen LogP contribution in [0.4, 0.5) is 0 Å². The average Bonchev–Trinajstić information content (AvgIpc) is 2.76. The fraction of sp³-hybridized carbons (Fsp3) is 0.714. The molecule has 0 unspecified atom stereocenters. The van der Waals surface area contributed by atoms with Gasteiger partial charge in [-0.1, -0.05) is 6.07 Å². The molecule has 0 aromatic heterocycles. The Hall–Kier alpha value is 1.75. The van der Waals surface area contributed by atoms with Gasteiger partial charge in [0.15, 0.2) is 11.5 Å². The van der Waals surface area contributed by atoms with Gasteiger partial charge in [0.05, 0.1) is 59.9 Å². The van der Waals surface area contributed by atoms with Crippen molar-refractivity contribution in [3.05, 3.63) is 23.8 Å². The van der Waals surface area contributed by atoms with Crippen molar-refractivity contribution < 1.29 is 157 Å². The van der Waals surface area contributed by atoms with Gasteiger partial charge in [-0.3, -0.25) is 0 Å². The van der Waals surface area contributed by atoms with Crippen LogP contribution >= 0.6 is 0 Å². The number of rotatable bonds is 22. The molecule has 0 aliphatic heterocycles. The van der Waals surface area contributed by atoms with Gasteiger partial charge in [0.2, 0.25) is 0 Å². The molecule has 16 heteroatoms. The van der Waals surface area contributed by atoms with E-state index in [1.807, 2.05) is 19.1 Å². The van der Waals surface area contributed by atoms with Gasteiger partial charge in [-0.25, -0.2) is 16.8 Å². The van der Waals surface area contributed by atoms with Crippen LogP contribution in [0, 0.1) is 6.92 Å². The molecule has 0 spiro atoms. The van der Waals surface area contributed by atoms with Crippen LogP contribution < -0.4 is 112 Å². The first-order valence-electron chi connectivity index (χ1n) is 11.1. The van der Waals surface area contributed by atoms with Crippen molar-refractivity contribution in [2.24, 2.45) is 0 Å². The predicted octanol–water partition coefficient (Wildman–Crippen LogP) is -5.30. The van der Waals surface area contributed by atoms with Crippen molar-refractivity contribution in [1.82, 2.24) is 0 Å². The Bertz CT molecular complexity index is 914. The molecule has 0 bridgehead atoms. The van der Waals surface area contributed by atoms with Gasteiger partial charge in [0.1, 0.15) is 13.2 Å². The third kappa shape index (κ3) is 26.4. The van der Waals surface area contributed by atoms with Crippen molar-refractivity contribution in [3.8, 4) is 11.5 Å². The largest absolute Gasteiger partial charge is 1.00 e. The molecule has 37 heavy (non-hydrogen) atoms. The van der Waals surface area contributed by atoms with Crippen LogP contribution in [0.1, 0.15) is 18.4 Å². The Kier molecular flexibility index (Phi) is 26.9. The maximum absolute atomic E-state index is 10.5. The van der Waals surface area contributed by atoms with Crippen molar-refractivity contribution >= 4 is 20.2 Å². The monoisotopic (exact) mass is 620 g/mol. The van der Waals surface area contributed by atoms with Crippen LogP contribution in [0.15, 0.2) is 18.2 Å². The van der Waals surface area contributed by atoms with Crippen LogP contribution in [0.5, 0.6) is 11.5 Å². The maximum atomic E-state index is 10.5. The summed E-state index contributed by atoms with van der Waals surface area (Å²) in [4.78, 5) is 0. The van der Waals surface area contributed by atoms with Crippen LogP contribution in [-0.4, -0.2) is 104 Å². The molecule has 0 saturated carbocycles. The smallest absolute Gasteiger partial charge is 0.748 e.